The molecule has 1 aromatic heterocycles. The number of aromatic nitrogens is 1. The molecule has 0 spiro atoms. The molecule has 1 aliphatic heterocycles. The zero-order valence-electron chi connectivity index (χ0n) is 9.63. The Labute approximate surface area is 114 Å². The highest BCUT2D eigenvalue weighted by molar-refractivity contribution is 14.1. The molecule has 0 aromatic carbocycles. The third-order valence-corrected chi connectivity index (χ3v) is 3.44. The highest BCUT2D eigenvalue weighted by Crippen LogP contribution is 2.05. The SMILES string of the molecule is O=C(NCCN1CCNCC1)c1cc(I)c[nH]1. The summed E-state index contributed by atoms with van der Waals surface area (Å²) >= 11 is 2.18. The van der Waals surface area contributed by atoms with Gasteiger partial charge in [-0.1, -0.05) is 0 Å². The lowest BCUT2D eigenvalue weighted by Gasteiger charge is -2.26. The zero-order chi connectivity index (χ0) is 12.1. The zero-order valence-corrected chi connectivity index (χ0v) is 11.8. The van der Waals surface area contributed by atoms with Crippen molar-refractivity contribution < 1.29 is 4.79 Å². The van der Waals surface area contributed by atoms with Gasteiger partial charge in [0, 0.05) is 49.0 Å². The molecule has 0 saturated carbocycles. The molecule has 2 heterocycles. The van der Waals surface area contributed by atoms with E-state index in [4.69, 9.17) is 0 Å². The fourth-order valence-corrected chi connectivity index (χ4v) is 2.32. The van der Waals surface area contributed by atoms with Gasteiger partial charge in [0.05, 0.1) is 0 Å². The minimum absolute atomic E-state index is 0.0250. The van der Waals surface area contributed by atoms with Crippen LogP contribution < -0.4 is 10.6 Å². The number of hydrogen-bond acceptors (Lipinski definition) is 3. The second-order valence-corrected chi connectivity index (χ2v) is 5.32. The van der Waals surface area contributed by atoms with Crippen LogP contribution in [0.4, 0.5) is 0 Å². The molecule has 0 unspecified atom stereocenters. The molecule has 6 heteroatoms. The second kappa shape index (κ2) is 6.36. The van der Waals surface area contributed by atoms with Gasteiger partial charge in [-0.3, -0.25) is 9.69 Å². The van der Waals surface area contributed by atoms with Crippen molar-refractivity contribution in [2.24, 2.45) is 0 Å². The van der Waals surface area contributed by atoms with Crippen LogP contribution in [0.1, 0.15) is 10.5 Å². The van der Waals surface area contributed by atoms with Crippen molar-refractivity contribution >= 4 is 28.5 Å². The van der Waals surface area contributed by atoms with E-state index < -0.39 is 0 Å². The number of aromatic amines is 1. The standard InChI is InChI=1S/C11H17IN4O/c12-9-7-10(15-8-9)11(17)14-3-6-16-4-1-13-2-5-16/h7-8,13,15H,1-6H2,(H,14,17). The third kappa shape index (κ3) is 3.97. The number of carbonyl (C=O) groups is 1. The van der Waals surface area contributed by atoms with Crippen molar-refractivity contribution in [1.29, 1.82) is 0 Å². The Morgan fingerprint density at radius 2 is 2.24 bits per heavy atom. The largest absolute Gasteiger partial charge is 0.356 e. The molecule has 3 N–H and O–H groups in total. The van der Waals surface area contributed by atoms with Crippen molar-refractivity contribution in [3.05, 3.63) is 21.5 Å². The van der Waals surface area contributed by atoms with E-state index in [1.807, 2.05) is 12.3 Å². The maximum absolute atomic E-state index is 11.7. The lowest BCUT2D eigenvalue weighted by atomic mass is 10.3. The van der Waals surface area contributed by atoms with E-state index in [9.17, 15) is 4.79 Å². The summed E-state index contributed by atoms with van der Waals surface area (Å²) in [7, 11) is 0. The van der Waals surface area contributed by atoms with E-state index in [0.29, 0.717) is 12.2 Å². The number of carbonyl (C=O) groups excluding carboxylic acids is 1. The van der Waals surface area contributed by atoms with Crippen LogP contribution in [-0.2, 0) is 0 Å². The van der Waals surface area contributed by atoms with E-state index >= 15 is 0 Å². The minimum atomic E-state index is -0.0250. The van der Waals surface area contributed by atoms with E-state index in [1.54, 1.807) is 0 Å². The molecular weight excluding hydrogens is 331 g/mol. The smallest absolute Gasteiger partial charge is 0.267 e. The van der Waals surface area contributed by atoms with Crippen LogP contribution in [0.25, 0.3) is 0 Å². The summed E-state index contributed by atoms with van der Waals surface area (Å²) in [5.41, 5.74) is 0.634. The van der Waals surface area contributed by atoms with Crippen molar-refractivity contribution in [2.75, 3.05) is 39.3 Å². The van der Waals surface area contributed by atoms with E-state index in [0.717, 1.165) is 36.3 Å². The van der Waals surface area contributed by atoms with Crippen LogP contribution in [0.2, 0.25) is 0 Å². The number of nitrogens with zero attached hydrogens (tertiary/aromatic N) is 1. The number of piperazine rings is 1. The second-order valence-electron chi connectivity index (χ2n) is 4.08. The monoisotopic (exact) mass is 348 g/mol. The highest BCUT2D eigenvalue weighted by atomic mass is 127. The minimum Gasteiger partial charge on any atom is -0.356 e. The van der Waals surface area contributed by atoms with E-state index in [-0.39, 0.29) is 5.91 Å². The number of halogens is 1. The van der Waals surface area contributed by atoms with Gasteiger partial charge in [-0.05, 0) is 28.7 Å². The van der Waals surface area contributed by atoms with Gasteiger partial charge < -0.3 is 15.6 Å². The molecule has 0 radical (unpaired) electrons. The van der Waals surface area contributed by atoms with Crippen molar-refractivity contribution in [1.82, 2.24) is 20.5 Å². The first kappa shape index (κ1) is 12.8. The van der Waals surface area contributed by atoms with E-state index in [2.05, 4.69) is 43.1 Å². The summed E-state index contributed by atoms with van der Waals surface area (Å²) in [6.07, 6.45) is 1.83. The topological polar surface area (TPSA) is 60.2 Å². The molecule has 1 aromatic rings. The Kier molecular flexibility index (Phi) is 4.81. The van der Waals surface area contributed by atoms with E-state index in [1.165, 1.54) is 0 Å². The van der Waals surface area contributed by atoms with Gasteiger partial charge in [-0.2, -0.15) is 0 Å². The predicted molar refractivity (Wildman–Crippen MR) is 75.2 cm³/mol. The maximum Gasteiger partial charge on any atom is 0.267 e. The van der Waals surface area contributed by atoms with Gasteiger partial charge >= 0.3 is 0 Å². The fourth-order valence-electron chi connectivity index (χ4n) is 1.86. The maximum atomic E-state index is 11.7. The van der Waals surface area contributed by atoms with Crippen LogP contribution in [0.5, 0.6) is 0 Å². The first-order valence-electron chi connectivity index (χ1n) is 5.81. The average molecular weight is 348 g/mol. The molecule has 1 saturated heterocycles. The lowest BCUT2D eigenvalue weighted by Crippen LogP contribution is -2.46. The van der Waals surface area contributed by atoms with Gasteiger partial charge in [0.1, 0.15) is 5.69 Å². The highest BCUT2D eigenvalue weighted by Gasteiger charge is 2.10. The normalized spacial score (nSPS) is 17.0. The number of amides is 1. The van der Waals surface area contributed by atoms with Gasteiger partial charge in [0.25, 0.3) is 5.91 Å². The summed E-state index contributed by atoms with van der Waals surface area (Å²) in [4.78, 5) is 17.0. The van der Waals surface area contributed by atoms with Gasteiger partial charge in [0.15, 0.2) is 0 Å². The Morgan fingerprint density at radius 1 is 1.47 bits per heavy atom. The molecule has 0 aliphatic carbocycles. The van der Waals surface area contributed by atoms with Gasteiger partial charge in [-0.15, -0.1) is 0 Å². The Hall–Kier alpha value is -0.600. The van der Waals surface area contributed by atoms with Gasteiger partial charge in [-0.25, -0.2) is 0 Å². The summed E-state index contributed by atoms with van der Waals surface area (Å²) < 4.78 is 1.05. The average Bonchev–Trinajstić information content (AvgIpc) is 2.77. The Bertz CT molecular complexity index is 373. The van der Waals surface area contributed by atoms with Crippen molar-refractivity contribution in [2.45, 2.75) is 0 Å². The Balaban J connectivity index is 1.69. The summed E-state index contributed by atoms with van der Waals surface area (Å²) in [5.74, 6) is -0.0250. The first-order valence-corrected chi connectivity index (χ1v) is 6.89. The molecule has 2 rings (SSSR count). The molecule has 17 heavy (non-hydrogen) atoms. The number of H-pyrrole nitrogens is 1. The van der Waals surface area contributed by atoms with Crippen LogP contribution in [-0.4, -0.2) is 55.1 Å². The van der Waals surface area contributed by atoms with Crippen molar-refractivity contribution in [3.8, 4) is 0 Å². The molecule has 0 bridgehead atoms. The molecule has 5 nitrogen and oxygen atoms in total. The predicted octanol–water partition coefficient (Wildman–Crippen LogP) is 0.254. The van der Waals surface area contributed by atoms with Crippen LogP contribution >= 0.6 is 22.6 Å². The Morgan fingerprint density at radius 3 is 2.88 bits per heavy atom. The van der Waals surface area contributed by atoms with Gasteiger partial charge in [0.2, 0.25) is 0 Å². The van der Waals surface area contributed by atoms with Crippen LogP contribution in [0.3, 0.4) is 0 Å². The lowest BCUT2D eigenvalue weighted by molar-refractivity contribution is 0.0943. The third-order valence-electron chi connectivity index (χ3n) is 2.82. The summed E-state index contributed by atoms with van der Waals surface area (Å²) in [6, 6.07) is 1.85. The van der Waals surface area contributed by atoms with Crippen LogP contribution in [0, 0.1) is 3.57 Å². The van der Waals surface area contributed by atoms with Crippen LogP contribution in [0.15, 0.2) is 12.3 Å². The molecule has 1 fully saturated rings. The quantitative estimate of drug-likeness (QED) is 0.684. The first-order chi connectivity index (χ1) is 8.25. The number of nitrogens with one attached hydrogen (secondary N) is 3. The molecule has 94 valence electrons. The molecule has 1 aliphatic rings. The summed E-state index contributed by atoms with van der Waals surface area (Å²) in [5, 5.41) is 6.23. The molecule has 0 atom stereocenters. The molecular formula is C11H17IN4O. The number of hydrogen-bond donors (Lipinski definition) is 3. The fraction of sp³-hybridized carbons (Fsp3) is 0.545. The number of rotatable bonds is 4. The summed E-state index contributed by atoms with van der Waals surface area (Å²) in [6.45, 7) is 5.84. The molecule has 1 amide bonds. The van der Waals surface area contributed by atoms with Crippen molar-refractivity contribution in [3.63, 3.8) is 0 Å².